The van der Waals surface area contributed by atoms with E-state index in [-0.39, 0.29) is 5.56 Å². The van der Waals surface area contributed by atoms with Gasteiger partial charge in [0.2, 0.25) is 4.80 Å². The average molecular weight is 364 g/mol. The van der Waals surface area contributed by atoms with Crippen molar-refractivity contribution in [2.75, 3.05) is 0 Å². The summed E-state index contributed by atoms with van der Waals surface area (Å²) in [5.41, 5.74) is 4.42. The number of carbonyl (C=O) groups is 1. The van der Waals surface area contributed by atoms with Crippen molar-refractivity contribution in [3.63, 3.8) is 0 Å². The number of aromatic nitrogens is 2. The van der Waals surface area contributed by atoms with E-state index >= 15 is 0 Å². The molecule has 0 saturated heterocycles. The summed E-state index contributed by atoms with van der Waals surface area (Å²) in [7, 11) is 3.59. The molecule has 0 aliphatic heterocycles. The van der Waals surface area contributed by atoms with E-state index in [2.05, 4.69) is 10.5 Å². The largest absolute Gasteiger partial charge is 0.318 e. The zero-order chi connectivity index (χ0) is 18.3. The first-order valence-corrected chi connectivity index (χ1v) is 8.85. The number of benzene rings is 2. The number of aryl methyl sites for hydroxylation is 2. The van der Waals surface area contributed by atoms with Gasteiger partial charge in [0.05, 0.1) is 21.3 Å². The molecule has 0 spiro atoms. The average Bonchev–Trinajstić information content (AvgIpc) is 2.99. The third-order valence-electron chi connectivity index (χ3n) is 4.37. The smallest absolute Gasteiger partial charge is 0.272 e. The Kier molecular flexibility index (Phi) is 3.93. The molecule has 4 aromatic rings. The number of para-hydroxylation sites is 2. The summed E-state index contributed by atoms with van der Waals surface area (Å²) in [4.78, 5) is 25.5. The van der Waals surface area contributed by atoms with Crippen LogP contribution in [0.5, 0.6) is 0 Å². The van der Waals surface area contributed by atoms with E-state index in [1.54, 1.807) is 7.05 Å². The summed E-state index contributed by atoms with van der Waals surface area (Å²) in [6, 6.07) is 16.6. The van der Waals surface area contributed by atoms with E-state index in [4.69, 9.17) is 0 Å². The molecule has 4 rings (SSSR count). The predicted octanol–water partition coefficient (Wildman–Crippen LogP) is 2.34. The summed E-state index contributed by atoms with van der Waals surface area (Å²) in [5, 5.41) is 4.96. The summed E-state index contributed by atoms with van der Waals surface area (Å²) in [6.45, 7) is 0. The van der Waals surface area contributed by atoms with Crippen molar-refractivity contribution in [2.45, 2.75) is 0 Å². The Morgan fingerprint density at radius 3 is 2.46 bits per heavy atom. The number of hydrogen-bond donors (Lipinski definition) is 1. The summed E-state index contributed by atoms with van der Waals surface area (Å²) in [6.07, 6.45) is 0. The van der Waals surface area contributed by atoms with Crippen LogP contribution in [0.25, 0.3) is 21.1 Å². The van der Waals surface area contributed by atoms with Crippen molar-refractivity contribution in [2.24, 2.45) is 19.2 Å². The molecule has 6 nitrogen and oxygen atoms in total. The quantitative estimate of drug-likeness (QED) is 0.555. The minimum atomic E-state index is -0.406. The van der Waals surface area contributed by atoms with Crippen molar-refractivity contribution in [1.82, 2.24) is 14.6 Å². The van der Waals surface area contributed by atoms with Gasteiger partial charge in [0, 0.05) is 25.5 Å². The van der Waals surface area contributed by atoms with Crippen LogP contribution in [0.3, 0.4) is 0 Å². The fourth-order valence-corrected chi connectivity index (χ4v) is 3.92. The van der Waals surface area contributed by atoms with Gasteiger partial charge in [0.1, 0.15) is 0 Å². The molecule has 0 aliphatic rings. The maximum Gasteiger partial charge on any atom is 0.272 e. The molecule has 0 bridgehead atoms. The van der Waals surface area contributed by atoms with Crippen LogP contribution in [-0.4, -0.2) is 15.0 Å². The molecule has 1 amide bonds. The highest BCUT2D eigenvalue weighted by atomic mass is 32.1. The van der Waals surface area contributed by atoms with Gasteiger partial charge in [-0.2, -0.15) is 0 Å². The predicted molar refractivity (Wildman–Crippen MR) is 103 cm³/mol. The monoisotopic (exact) mass is 364 g/mol. The molecule has 0 unspecified atom stereocenters. The van der Waals surface area contributed by atoms with Gasteiger partial charge in [-0.1, -0.05) is 41.7 Å². The molecule has 2 aromatic heterocycles. The Morgan fingerprint density at radius 2 is 1.69 bits per heavy atom. The number of fused-ring (bicyclic) bond motifs is 2. The van der Waals surface area contributed by atoms with Crippen LogP contribution in [0.1, 0.15) is 10.4 Å². The Labute approximate surface area is 152 Å². The Morgan fingerprint density at radius 1 is 1.00 bits per heavy atom. The van der Waals surface area contributed by atoms with Crippen molar-refractivity contribution in [3.05, 3.63) is 75.3 Å². The van der Waals surface area contributed by atoms with E-state index in [1.807, 2.05) is 60.1 Å². The minimum absolute atomic E-state index is 0.235. The Balaban J connectivity index is 1.77. The molecule has 7 heteroatoms. The number of nitrogens with zero attached hydrogens (tertiary/aromatic N) is 3. The first kappa shape index (κ1) is 16.3. The Hall–Kier alpha value is -3.19. The maximum absolute atomic E-state index is 12.7. The Bertz CT molecular complexity index is 1280. The second kappa shape index (κ2) is 6.27. The van der Waals surface area contributed by atoms with E-state index in [0.717, 1.165) is 10.2 Å². The lowest BCUT2D eigenvalue weighted by Crippen LogP contribution is -2.26. The molecular weight excluding hydrogens is 348 g/mol. The number of hydrogen-bond acceptors (Lipinski definition) is 4. The molecule has 0 fully saturated rings. The fraction of sp³-hybridized carbons (Fsp3) is 0.105. The van der Waals surface area contributed by atoms with Crippen molar-refractivity contribution >= 4 is 38.4 Å². The van der Waals surface area contributed by atoms with Gasteiger partial charge in [-0.25, -0.2) is 5.43 Å². The van der Waals surface area contributed by atoms with Gasteiger partial charge in [-0.15, -0.1) is 5.10 Å². The number of rotatable bonds is 2. The van der Waals surface area contributed by atoms with Gasteiger partial charge in [-0.3, -0.25) is 9.59 Å². The van der Waals surface area contributed by atoms with E-state index in [1.165, 1.54) is 22.0 Å². The third kappa shape index (κ3) is 2.62. The van der Waals surface area contributed by atoms with Crippen molar-refractivity contribution in [1.29, 1.82) is 0 Å². The number of nitrogens with one attached hydrogen (secondary N) is 1. The van der Waals surface area contributed by atoms with E-state index < -0.39 is 5.91 Å². The minimum Gasteiger partial charge on any atom is -0.318 e. The van der Waals surface area contributed by atoms with E-state index in [9.17, 15) is 9.59 Å². The zero-order valence-corrected chi connectivity index (χ0v) is 15.1. The topological polar surface area (TPSA) is 68.4 Å². The van der Waals surface area contributed by atoms with Gasteiger partial charge >= 0.3 is 0 Å². The van der Waals surface area contributed by atoms with Gasteiger partial charge in [-0.05, 0) is 18.2 Å². The van der Waals surface area contributed by atoms with Crippen LogP contribution in [-0.2, 0) is 14.1 Å². The molecule has 1 N–H and O–H groups in total. The molecule has 0 aliphatic carbocycles. The van der Waals surface area contributed by atoms with Gasteiger partial charge in [0.15, 0.2) is 0 Å². The number of amides is 1. The lowest BCUT2D eigenvalue weighted by Gasteiger charge is -2.08. The summed E-state index contributed by atoms with van der Waals surface area (Å²) in [5.74, 6) is -0.406. The molecule has 26 heavy (non-hydrogen) atoms. The van der Waals surface area contributed by atoms with Gasteiger partial charge < -0.3 is 9.13 Å². The van der Waals surface area contributed by atoms with Crippen LogP contribution in [0.15, 0.2) is 64.5 Å². The molecule has 0 saturated carbocycles. The molecule has 2 aromatic carbocycles. The third-order valence-corrected chi connectivity index (χ3v) is 5.48. The first-order chi connectivity index (χ1) is 12.6. The number of carbonyl (C=O) groups excluding carboxylic acids is 1. The first-order valence-electron chi connectivity index (χ1n) is 8.03. The lowest BCUT2D eigenvalue weighted by atomic mass is 10.1. The zero-order valence-electron chi connectivity index (χ0n) is 14.3. The number of thiazole rings is 1. The highest BCUT2D eigenvalue weighted by Gasteiger charge is 2.13. The molecular formula is C19H16N4O2S. The van der Waals surface area contributed by atoms with Crippen LogP contribution < -0.4 is 15.8 Å². The second-order valence-electron chi connectivity index (χ2n) is 5.94. The van der Waals surface area contributed by atoms with Crippen LogP contribution >= 0.6 is 11.3 Å². The van der Waals surface area contributed by atoms with Crippen LogP contribution in [0, 0.1) is 0 Å². The normalized spacial score (nSPS) is 12.0. The van der Waals surface area contributed by atoms with Crippen LogP contribution in [0.4, 0.5) is 0 Å². The van der Waals surface area contributed by atoms with Crippen molar-refractivity contribution < 1.29 is 4.79 Å². The molecule has 0 radical (unpaired) electrons. The second-order valence-corrected chi connectivity index (χ2v) is 6.95. The summed E-state index contributed by atoms with van der Waals surface area (Å²) < 4.78 is 4.53. The van der Waals surface area contributed by atoms with E-state index in [0.29, 0.717) is 21.3 Å². The van der Waals surface area contributed by atoms with Crippen molar-refractivity contribution in [3.8, 4) is 0 Å². The fourth-order valence-electron chi connectivity index (χ4n) is 2.95. The highest BCUT2D eigenvalue weighted by Crippen LogP contribution is 2.17. The van der Waals surface area contributed by atoms with Crippen LogP contribution in [0.2, 0.25) is 0 Å². The molecule has 0 atom stereocenters. The van der Waals surface area contributed by atoms with Gasteiger partial charge in [0.25, 0.3) is 11.5 Å². The standard InChI is InChI=1S/C19H16N4O2S/c1-22-14-8-4-3-7-12(14)13(11-17(22)24)18(25)20-21-19-23(2)15-9-5-6-10-16(15)26-19/h3-11H,1-2H3,(H,20,25)/b21-19-. The highest BCUT2D eigenvalue weighted by molar-refractivity contribution is 7.16. The molecule has 130 valence electrons. The molecule has 2 heterocycles. The lowest BCUT2D eigenvalue weighted by molar-refractivity contribution is 0.0954. The maximum atomic E-state index is 12.7. The SMILES string of the molecule is Cn1c(=O)cc(C(=O)N/N=c2\sc3ccccc3n2C)c2ccccc21. The number of pyridine rings is 1. The summed E-state index contributed by atoms with van der Waals surface area (Å²) >= 11 is 1.49.